The van der Waals surface area contributed by atoms with Gasteiger partial charge in [0.15, 0.2) is 5.78 Å². The summed E-state index contributed by atoms with van der Waals surface area (Å²) >= 11 is 0. The Morgan fingerprint density at radius 1 is 1.25 bits per heavy atom. The number of ether oxygens (including phenoxy) is 2. The molecule has 0 saturated carbocycles. The number of hydrogen-bond donors (Lipinski definition) is 0. The summed E-state index contributed by atoms with van der Waals surface area (Å²) in [5.41, 5.74) is 2.37. The summed E-state index contributed by atoms with van der Waals surface area (Å²) in [7, 11) is 0. The van der Waals surface area contributed by atoms with E-state index < -0.39 is 0 Å². The predicted molar refractivity (Wildman–Crippen MR) is 93.7 cm³/mol. The lowest BCUT2D eigenvalue weighted by Crippen LogP contribution is -2.36. The average molecular weight is 327 g/mol. The van der Waals surface area contributed by atoms with Gasteiger partial charge in [-0.3, -0.25) is 9.69 Å². The first kappa shape index (κ1) is 17.1. The fourth-order valence-corrected chi connectivity index (χ4v) is 3.13. The highest BCUT2D eigenvalue weighted by Gasteiger charge is 2.20. The lowest BCUT2D eigenvalue weighted by atomic mass is 10.0. The number of rotatable bonds is 6. The molecule has 24 heavy (non-hydrogen) atoms. The Morgan fingerprint density at radius 3 is 2.96 bits per heavy atom. The van der Waals surface area contributed by atoms with Crippen molar-refractivity contribution in [1.29, 1.82) is 0 Å². The van der Waals surface area contributed by atoms with Crippen molar-refractivity contribution in [2.24, 2.45) is 0 Å². The monoisotopic (exact) mass is 327 g/mol. The zero-order valence-corrected chi connectivity index (χ0v) is 14.0. The van der Waals surface area contributed by atoms with Crippen LogP contribution in [-0.2, 0) is 20.9 Å². The van der Waals surface area contributed by atoms with Crippen molar-refractivity contribution in [3.05, 3.63) is 59.7 Å². The Balaban J connectivity index is 1.46. The van der Waals surface area contributed by atoms with Gasteiger partial charge in [0.2, 0.25) is 0 Å². The molecule has 128 valence electrons. The van der Waals surface area contributed by atoms with E-state index in [1.165, 1.54) is 11.1 Å². The minimum absolute atomic E-state index is 0.0895. The van der Waals surface area contributed by atoms with Gasteiger partial charge in [-0.15, -0.1) is 0 Å². The minimum Gasteiger partial charge on any atom is -0.374 e. The normalized spacial score (nSPS) is 22.2. The molecule has 0 radical (unpaired) electrons. The Bertz CT molecular complexity index is 594. The van der Waals surface area contributed by atoms with Gasteiger partial charge < -0.3 is 9.47 Å². The second-order valence-corrected chi connectivity index (χ2v) is 6.41. The summed E-state index contributed by atoms with van der Waals surface area (Å²) in [6.07, 6.45) is 7.22. The molecule has 1 atom stereocenters. The van der Waals surface area contributed by atoms with Crippen molar-refractivity contribution in [3.8, 4) is 0 Å². The van der Waals surface area contributed by atoms with Crippen molar-refractivity contribution in [2.45, 2.75) is 25.6 Å². The summed E-state index contributed by atoms with van der Waals surface area (Å²) < 4.78 is 11.8. The topological polar surface area (TPSA) is 38.8 Å². The van der Waals surface area contributed by atoms with Crippen LogP contribution in [0.2, 0.25) is 0 Å². The van der Waals surface area contributed by atoms with Gasteiger partial charge in [0.05, 0.1) is 19.3 Å². The van der Waals surface area contributed by atoms with E-state index in [9.17, 15) is 4.79 Å². The Hall–Kier alpha value is -1.75. The van der Waals surface area contributed by atoms with Gasteiger partial charge in [-0.2, -0.15) is 0 Å². The van der Waals surface area contributed by atoms with E-state index in [-0.39, 0.29) is 11.9 Å². The maximum Gasteiger partial charge on any atom is 0.159 e. The van der Waals surface area contributed by atoms with Crippen LogP contribution in [0.5, 0.6) is 0 Å². The second-order valence-electron chi connectivity index (χ2n) is 6.41. The van der Waals surface area contributed by atoms with Crippen LogP contribution in [0, 0.1) is 0 Å². The highest BCUT2D eigenvalue weighted by molar-refractivity contribution is 5.93. The molecule has 3 rings (SSSR count). The van der Waals surface area contributed by atoms with Crippen molar-refractivity contribution < 1.29 is 14.3 Å². The zero-order chi connectivity index (χ0) is 16.6. The van der Waals surface area contributed by atoms with E-state index in [1.54, 1.807) is 6.08 Å². The fraction of sp³-hybridized carbons (Fsp3) is 0.450. The van der Waals surface area contributed by atoms with Gasteiger partial charge in [-0.05, 0) is 23.6 Å². The summed E-state index contributed by atoms with van der Waals surface area (Å²) in [6, 6.07) is 10.2. The van der Waals surface area contributed by atoms with Crippen LogP contribution in [-0.4, -0.2) is 49.6 Å². The SMILES string of the molecule is O=C1C=CC=C(CN2CCCO[C@H](COCc3ccccc3)C2)C1. The third kappa shape index (κ3) is 5.41. The second kappa shape index (κ2) is 8.92. The maximum atomic E-state index is 11.5. The Labute approximate surface area is 143 Å². The smallest absolute Gasteiger partial charge is 0.159 e. The number of carbonyl (C=O) groups excluding carboxylic acids is 1. The maximum absolute atomic E-state index is 11.5. The fourth-order valence-electron chi connectivity index (χ4n) is 3.13. The largest absolute Gasteiger partial charge is 0.374 e. The molecule has 0 bridgehead atoms. The van der Waals surface area contributed by atoms with Gasteiger partial charge >= 0.3 is 0 Å². The van der Waals surface area contributed by atoms with E-state index in [4.69, 9.17) is 9.47 Å². The predicted octanol–water partition coefficient (Wildman–Crippen LogP) is 2.75. The molecule has 4 nitrogen and oxygen atoms in total. The highest BCUT2D eigenvalue weighted by Crippen LogP contribution is 2.14. The molecule has 4 heteroatoms. The summed E-state index contributed by atoms with van der Waals surface area (Å²) in [5.74, 6) is 0.196. The van der Waals surface area contributed by atoms with Crippen molar-refractivity contribution in [1.82, 2.24) is 4.90 Å². The lowest BCUT2D eigenvalue weighted by molar-refractivity contribution is -0.114. The molecule has 0 aromatic heterocycles. The molecule has 1 heterocycles. The average Bonchev–Trinajstić information content (AvgIpc) is 2.81. The van der Waals surface area contributed by atoms with E-state index in [1.807, 2.05) is 24.3 Å². The molecule has 1 aliphatic carbocycles. The first-order valence-electron chi connectivity index (χ1n) is 8.64. The summed E-state index contributed by atoms with van der Waals surface area (Å²) in [5, 5.41) is 0. The zero-order valence-electron chi connectivity index (χ0n) is 14.0. The van der Waals surface area contributed by atoms with Crippen LogP contribution in [0.15, 0.2) is 54.1 Å². The van der Waals surface area contributed by atoms with Crippen LogP contribution in [0.3, 0.4) is 0 Å². The van der Waals surface area contributed by atoms with Crippen LogP contribution in [0.25, 0.3) is 0 Å². The van der Waals surface area contributed by atoms with Gasteiger partial charge in [-0.25, -0.2) is 0 Å². The number of carbonyl (C=O) groups is 1. The van der Waals surface area contributed by atoms with Crippen LogP contribution in [0.1, 0.15) is 18.4 Å². The van der Waals surface area contributed by atoms with E-state index in [2.05, 4.69) is 23.1 Å². The summed E-state index contributed by atoms with van der Waals surface area (Å²) in [6.45, 7) is 4.69. The number of benzene rings is 1. The van der Waals surface area contributed by atoms with Crippen molar-refractivity contribution in [3.63, 3.8) is 0 Å². The molecular weight excluding hydrogens is 302 g/mol. The van der Waals surface area contributed by atoms with E-state index in [0.29, 0.717) is 19.6 Å². The molecule has 1 fully saturated rings. The molecule has 0 spiro atoms. The van der Waals surface area contributed by atoms with E-state index in [0.717, 1.165) is 32.7 Å². The molecular formula is C20H25NO3. The van der Waals surface area contributed by atoms with Gasteiger partial charge in [0.25, 0.3) is 0 Å². The molecule has 0 amide bonds. The molecule has 0 unspecified atom stereocenters. The first-order valence-corrected chi connectivity index (χ1v) is 8.64. The number of hydrogen-bond acceptors (Lipinski definition) is 4. The third-order valence-corrected chi connectivity index (χ3v) is 4.29. The summed E-state index contributed by atoms with van der Waals surface area (Å²) in [4.78, 5) is 13.9. The number of ketones is 1. The Kier molecular flexibility index (Phi) is 6.35. The van der Waals surface area contributed by atoms with Crippen molar-refractivity contribution in [2.75, 3.05) is 32.8 Å². The van der Waals surface area contributed by atoms with Gasteiger partial charge in [0, 0.05) is 32.7 Å². The van der Waals surface area contributed by atoms with Gasteiger partial charge in [-0.1, -0.05) is 42.5 Å². The highest BCUT2D eigenvalue weighted by atomic mass is 16.5. The molecule has 1 aromatic carbocycles. The van der Waals surface area contributed by atoms with Gasteiger partial charge in [0.1, 0.15) is 0 Å². The lowest BCUT2D eigenvalue weighted by Gasteiger charge is -2.25. The molecule has 1 aromatic rings. The molecule has 1 aliphatic heterocycles. The van der Waals surface area contributed by atoms with Crippen LogP contribution < -0.4 is 0 Å². The number of allylic oxidation sites excluding steroid dienone is 3. The molecule has 2 aliphatic rings. The van der Waals surface area contributed by atoms with Crippen molar-refractivity contribution >= 4 is 5.78 Å². The Morgan fingerprint density at radius 2 is 2.12 bits per heavy atom. The van der Waals surface area contributed by atoms with Crippen LogP contribution in [0.4, 0.5) is 0 Å². The number of nitrogens with zero attached hydrogens (tertiary/aromatic N) is 1. The first-order chi connectivity index (χ1) is 11.8. The standard InChI is InChI=1S/C20H25NO3/c22-19-9-4-8-18(12-19)13-21-10-5-11-24-20(14-21)16-23-15-17-6-2-1-3-7-17/h1-4,6-9,20H,5,10-16H2/t20-/m0/s1. The minimum atomic E-state index is 0.0895. The quantitative estimate of drug-likeness (QED) is 0.805. The molecule has 0 N–H and O–H groups in total. The van der Waals surface area contributed by atoms with Crippen LogP contribution >= 0.6 is 0 Å². The van der Waals surface area contributed by atoms with E-state index >= 15 is 0 Å². The third-order valence-electron chi connectivity index (χ3n) is 4.29. The molecule has 1 saturated heterocycles.